The number of fused-ring (bicyclic) bond motifs is 1. The number of benzene rings is 2. The zero-order valence-corrected chi connectivity index (χ0v) is 21.6. The van der Waals surface area contributed by atoms with Crippen LogP contribution in [0.1, 0.15) is 36.8 Å². The van der Waals surface area contributed by atoms with Crippen LogP contribution in [0.3, 0.4) is 0 Å². The van der Waals surface area contributed by atoms with E-state index >= 15 is 0 Å². The second-order valence-corrected chi connectivity index (χ2v) is 9.25. The normalized spacial score (nSPS) is 14.4. The summed E-state index contributed by atoms with van der Waals surface area (Å²) in [4.78, 5) is 11.8. The van der Waals surface area contributed by atoms with Crippen molar-refractivity contribution in [1.29, 1.82) is 5.26 Å². The first-order valence-electron chi connectivity index (χ1n) is 12.8. The van der Waals surface area contributed by atoms with Crippen LogP contribution in [0.4, 0.5) is 4.39 Å². The summed E-state index contributed by atoms with van der Waals surface area (Å²) in [6.45, 7) is 5.24. The topological polar surface area (TPSA) is 85.4 Å². The predicted molar refractivity (Wildman–Crippen MR) is 140 cm³/mol. The van der Waals surface area contributed by atoms with E-state index in [4.69, 9.17) is 24.5 Å². The molecule has 1 fully saturated rings. The van der Waals surface area contributed by atoms with Crippen molar-refractivity contribution in [1.82, 2.24) is 19.4 Å². The van der Waals surface area contributed by atoms with E-state index < -0.39 is 5.82 Å². The maximum atomic E-state index is 14.1. The quantitative estimate of drug-likeness (QED) is 0.310. The van der Waals surface area contributed by atoms with Gasteiger partial charge in [0.2, 0.25) is 5.88 Å². The van der Waals surface area contributed by atoms with Gasteiger partial charge >= 0.3 is 0 Å². The van der Waals surface area contributed by atoms with Gasteiger partial charge in [0, 0.05) is 26.2 Å². The van der Waals surface area contributed by atoms with Crippen molar-refractivity contribution in [3.63, 3.8) is 0 Å². The minimum absolute atomic E-state index is 0.0656. The van der Waals surface area contributed by atoms with Crippen molar-refractivity contribution in [3.8, 4) is 23.4 Å². The number of nitrogens with zero attached hydrogens (tertiary/aromatic N) is 5. The molecule has 2 aromatic carbocycles. The van der Waals surface area contributed by atoms with Crippen LogP contribution in [0.15, 0.2) is 54.6 Å². The Morgan fingerprint density at radius 3 is 2.61 bits per heavy atom. The van der Waals surface area contributed by atoms with Crippen LogP contribution < -0.4 is 14.2 Å². The number of piperidine rings is 1. The first-order valence-corrected chi connectivity index (χ1v) is 12.8. The summed E-state index contributed by atoms with van der Waals surface area (Å²) in [7, 11) is 2.05. The van der Waals surface area contributed by atoms with Crippen LogP contribution in [0, 0.1) is 17.1 Å². The number of halogens is 1. The minimum atomic E-state index is -0.573. The third-order valence-electron chi connectivity index (χ3n) is 6.67. The molecule has 38 heavy (non-hydrogen) atoms. The maximum Gasteiger partial charge on any atom is 0.213 e. The zero-order chi connectivity index (χ0) is 26.5. The highest BCUT2D eigenvalue weighted by molar-refractivity contribution is 5.82. The lowest BCUT2D eigenvalue weighted by atomic mass is 10.1. The molecule has 1 aliphatic rings. The van der Waals surface area contributed by atoms with Gasteiger partial charge in [-0.2, -0.15) is 5.26 Å². The Morgan fingerprint density at radius 1 is 1.03 bits per heavy atom. The van der Waals surface area contributed by atoms with E-state index in [1.165, 1.54) is 12.1 Å². The third kappa shape index (κ3) is 5.71. The molecule has 0 radical (unpaired) electrons. The number of hydrogen-bond acceptors (Lipinski definition) is 7. The van der Waals surface area contributed by atoms with Crippen molar-refractivity contribution in [2.75, 3.05) is 19.7 Å². The molecule has 0 aliphatic carbocycles. The first-order chi connectivity index (χ1) is 18.5. The molecule has 0 atom stereocenters. The highest BCUT2D eigenvalue weighted by Crippen LogP contribution is 2.27. The van der Waals surface area contributed by atoms with Gasteiger partial charge in [-0.1, -0.05) is 12.1 Å². The predicted octanol–water partition coefficient (Wildman–Crippen LogP) is 5.00. The lowest BCUT2D eigenvalue weighted by Crippen LogP contribution is -2.38. The first kappa shape index (κ1) is 25.5. The smallest absolute Gasteiger partial charge is 0.213 e. The second-order valence-electron chi connectivity index (χ2n) is 9.25. The van der Waals surface area contributed by atoms with Gasteiger partial charge in [-0.15, -0.1) is 0 Å². The van der Waals surface area contributed by atoms with E-state index in [2.05, 4.69) is 20.5 Å². The van der Waals surface area contributed by atoms with Crippen LogP contribution in [0.2, 0.25) is 0 Å². The van der Waals surface area contributed by atoms with E-state index in [0.717, 1.165) is 61.1 Å². The second kappa shape index (κ2) is 11.5. The highest BCUT2D eigenvalue weighted by atomic mass is 19.1. The number of rotatable bonds is 9. The summed E-state index contributed by atoms with van der Waals surface area (Å²) in [5.41, 5.74) is 2.86. The van der Waals surface area contributed by atoms with Crippen LogP contribution >= 0.6 is 0 Å². The number of likely N-dealkylation sites (tertiary alicyclic amines) is 1. The number of nitriles is 1. The maximum absolute atomic E-state index is 14.1. The summed E-state index contributed by atoms with van der Waals surface area (Å²) in [6.07, 6.45) is 1.83. The Labute approximate surface area is 221 Å². The molecule has 0 bridgehead atoms. The van der Waals surface area contributed by atoms with Crippen LogP contribution in [-0.2, 0) is 20.2 Å². The molecule has 4 aromatic rings. The average molecular weight is 516 g/mol. The van der Waals surface area contributed by atoms with Gasteiger partial charge < -0.3 is 18.8 Å². The number of hydrogen-bond donors (Lipinski definition) is 0. The molecule has 0 saturated carbocycles. The summed E-state index contributed by atoms with van der Waals surface area (Å²) in [5.74, 6) is 1.88. The Balaban J connectivity index is 1.15. The molecule has 0 unspecified atom stereocenters. The van der Waals surface area contributed by atoms with E-state index in [1.54, 1.807) is 0 Å². The molecule has 0 N–H and O–H groups in total. The summed E-state index contributed by atoms with van der Waals surface area (Å²) in [5, 5.41) is 8.88. The Hall–Kier alpha value is -4.16. The molecule has 2 aromatic heterocycles. The van der Waals surface area contributed by atoms with E-state index in [1.807, 2.05) is 50.4 Å². The van der Waals surface area contributed by atoms with Gasteiger partial charge in [0.05, 0.1) is 36.0 Å². The molecule has 196 valence electrons. The fraction of sp³-hybridized carbons (Fsp3) is 0.345. The van der Waals surface area contributed by atoms with Gasteiger partial charge in [0.15, 0.2) is 11.6 Å². The number of ether oxygens (including phenoxy) is 3. The number of pyridine rings is 1. The Morgan fingerprint density at radius 2 is 1.84 bits per heavy atom. The summed E-state index contributed by atoms with van der Waals surface area (Å²) in [6, 6.07) is 17.6. The van der Waals surface area contributed by atoms with Crippen molar-refractivity contribution < 1.29 is 18.6 Å². The minimum Gasteiger partial charge on any atom is -0.492 e. The molecule has 1 saturated heterocycles. The fourth-order valence-electron chi connectivity index (χ4n) is 4.65. The van der Waals surface area contributed by atoms with Crippen molar-refractivity contribution in [2.45, 2.75) is 39.0 Å². The van der Waals surface area contributed by atoms with E-state index in [9.17, 15) is 4.39 Å². The molecule has 8 nitrogen and oxygen atoms in total. The van der Waals surface area contributed by atoms with Crippen molar-refractivity contribution in [3.05, 3.63) is 77.5 Å². The zero-order valence-electron chi connectivity index (χ0n) is 21.6. The number of imidazole rings is 1. The SMILES string of the molecule is CCOc1cccc2c1nc(CN1CCC(Oc3cccc(COc4ccc(C#N)cc4F)n3)CC1)n2C. The molecule has 9 heteroatoms. The van der Waals surface area contributed by atoms with Crippen molar-refractivity contribution in [2.24, 2.45) is 7.05 Å². The molecule has 0 amide bonds. The van der Waals surface area contributed by atoms with Crippen LogP contribution in [-0.4, -0.2) is 45.2 Å². The average Bonchev–Trinajstić information content (AvgIpc) is 3.25. The lowest BCUT2D eigenvalue weighted by molar-refractivity contribution is 0.0911. The number of aryl methyl sites for hydroxylation is 1. The molecule has 1 aliphatic heterocycles. The van der Waals surface area contributed by atoms with Gasteiger partial charge in [0.25, 0.3) is 0 Å². The van der Waals surface area contributed by atoms with Gasteiger partial charge in [-0.25, -0.2) is 14.4 Å². The standard InChI is InChI=1S/C29H30FN5O3/c1-3-36-26-8-5-7-24-29(26)33-27(34(24)2)18-35-14-12-22(13-15-35)38-28-9-4-6-21(32-28)19-37-25-11-10-20(17-31)16-23(25)30/h4-11,16,22H,3,12-15,18-19H2,1-2H3. The fourth-order valence-corrected chi connectivity index (χ4v) is 4.65. The highest BCUT2D eigenvalue weighted by Gasteiger charge is 2.23. The van der Waals surface area contributed by atoms with Crippen molar-refractivity contribution >= 4 is 11.0 Å². The molecular formula is C29H30FN5O3. The molecule has 3 heterocycles. The summed E-state index contributed by atoms with van der Waals surface area (Å²) < 4.78 is 33.7. The monoisotopic (exact) mass is 515 g/mol. The summed E-state index contributed by atoms with van der Waals surface area (Å²) >= 11 is 0. The van der Waals surface area contributed by atoms with Gasteiger partial charge in [-0.05, 0) is 56.2 Å². The van der Waals surface area contributed by atoms with Crippen LogP contribution in [0.5, 0.6) is 17.4 Å². The number of para-hydroxylation sites is 1. The number of aromatic nitrogens is 3. The largest absolute Gasteiger partial charge is 0.492 e. The Kier molecular flexibility index (Phi) is 7.70. The van der Waals surface area contributed by atoms with Crippen LogP contribution in [0.25, 0.3) is 11.0 Å². The molecule has 0 spiro atoms. The van der Waals surface area contributed by atoms with E-state index in [0.29, 0.717) is 18.2 Å². The molecular weight excluding hydrogens is 485 g/mol. The Bertz CT molecular complexity index is 1460. The lowest BCUT2D eigenvalue weighted by Gasteiger charge is -2.31. The van der Waals surface area contributed by atoms with Gasteiger partial charge in [-0.3, -0.25) is 4.90 Å². The van der Waals surface area contributed by atoms with E-state index in [-0.39, 0.29) is 24.0 Å². The van der Waals surface area contributed by atoms with Gasteiger partial charge in [0.1, 0.15) is 29.8 Å². The third-order valence-corrected chi connectivity index (χ3v) is 6.67. The molecule has 5 rings (SSSR count).